The molecule has 2 aromatic carbocycles. The average Bonchev–Trinajstić information content (AvgIpc) is 3.01. The van der Waals surface area contributed by atoms with Crippen molar-refractivity contribution >= 4 is 26.7 Å². The molecule has 3 aromatic rings. The number of Topliss-reactive ketones (excluding diaryl/α,β-unsaturated/α-hetero) is 1. The molecule has 1 heterocycles. The SMILES string of the molecule is CCOc1cc([C@H](CS(C)(=O)=O)n2c(=O)[nH]c3c(C(C)=O)cccc32)ccc1OC. The van der Waals surface area contributed by atoms with Gasteiger partial charge in [-0.1, -0.05) is 12.1 Å². The molecule has 30 heavy (non-hydrogen) atoms. The summed E-state index contributed by atoms with van der Waals surface area (Å²) >= 11 is 0. The second kappa shape index (κ2) is 8.35. The summed E-state index contributed by atoms with van der Waals surface area (Å²) < 4.78 is 36.8. The molecule has 0 spiro atoms. The number of carbonyl (C=O) groups excluding carboxylic acids is 1. The van der Waals surface area contributed by atoms with Gasteiger partial charge >= 0.3 is 5.69 Å². The second-order valence-corrected chi connectivity index (χ2v) is 9.19. The molecule has 0 aliphatic carbocycles. The van der Waals surface area contributed by atoms with Crippen molar-refractivity contribution in [3.8, 4) is 11.5 Å². The molecule has 1 atom stereocenters. The maximum atomic E-state index is 12.9. The summed E-state index contributed by atoms with van der Waals surface area (Å²) in [6.07, 6.45) is 1.12. The van der Waals surface area contributed by atoms with Gasteiger partial charge in [0.2, 0.25) is 0 Å². The predicted molar refractivity (Wildman–Crippen MR) is 115 cm³/mol. The molecule has 3 rings (SSSR count). The summed E-state index contributed by atoms with van der Waals surface area (Å²) in [6.45, 7) is 3.63. The largest absolute Gasteiger partial charge is 0.493 e. The van der Waals surface area contributed by atoms with Gasteiger partial charge in [0.25, 0.3) is 0 Å². The van der Waals surface area contributed by atoms with Crippen molar-refractivity contribution < 1.29 is 22.7 Å². The molecular formula is C21H24N2O6S. The van der Waals surface area contributed by atoms with E-state index in [2.05, 4.69) is 4.98 Å². The molecule has 0 saturated heterocycles. The molecule has 0 fully saturated rings. The van der Waals surface area contributed by atoms with E-state index in [1.807, 2.05) is 6.92 Å². The summed E-state index contributed by atoms with van der Waals surface area (Å²) in [5.74, 6) is 0.455. The van der Waals surface area contributed by atoms with Crippen molar-refractivity contribution in [2.45, 2.75) is 19.9 Å². The van der Waals surface area contributed by atoms with Crippen LogP contribution >= 0.6 is 0 Å². The number of carbonyl (C=O) groups is 1. The molecule has 0 bridgehead atoms. The molecule has 0 aliphatic heterocycles. The molecule has 0 saturated carbocycles. The van der Waals surface area contributed by atoms with Crippen LogP contribution in [-0.4, -0.2) is 49.5 Å². The van der Waals surface area contributed by atoms with Crippen molar-refractivity contribution in [3.05, 3.63) is 58.0 Å². The zero-order chi connectivity index (χ0) is 22.1. The third-order valence-corrected chi connectivity index (χ3v) is 5.70. The number of imidazole rings is 1. The number of para-hydroxylation sites is 1. The van der Waals surface area contributed by atoms with Crippen LogP contribution in [0.1, 0.15) is 35.8 Å². The van der Waals surface area contributed by atoms with E-state index in [-0.39, 0.29) is 11.5 Å². The quantitative estimate of drug-likeness (QED) is 0.548. The second-order valence-electron chi connectivity index (χ2n) is 7.01. The van der Waals surface area contributed by atoms with E-state index in [4.69, 9.17) is 9.47 Å². The molecule has 160 valence electrons. The van der Waals surface area contributed by atoms with Crippen LogP contribution < -0.4 is 15.2 Å². The Kier molecular flexibility index (Phi) is 6.02. The number of nitrogens with one attached hydrogen (secondary N) is 1. The minimum Gasteiger partial charge on any atom is -0.493 e. The molecule has 0 amide bonds. The first-order chi connectivity index (χ1) is 14.2. The Balaban J connectivity index is 2.28. The Morgan fingerprint density at radius 3 is 2.53 bits per heavy atom. The van der Waals surface area contributed by atoms with Crippen molar-refractivity contribution in [3.63, 3.8) is 0 Å². The summed E-state index contributed by atoms with van der Waals surface area (Å²) in [7, 11) is -1.95. The highest BCUT2D eigenvalue weighted by Gasteiger charge is 2.25. The number of ether oxygens (including phenoxy) is 2. The minimum absolute atomic E-state index is 0.197. The monoisotopic (exact) mass is 432 g/mol. The van der Waals surface area contributed by atoms with Crippen LogP contribution in [0.3, 0.4) is 0 Å². The number of H-pyrrole nitrogens is 1. The van der Waals surface area contributed by atoms with E-state index in [0.29, 0.717) is 40.3 Å². The third kappa shape index (κ3) is 4.25. The lowest BCUT2D eigenvalue weighted by Gasteiger charge is -2.20. The molecule has 0 aliphatic rings. The van der Waals surface area contributed by atoms with Gasteiger partial charge in [0.05, 0.1) is 36.5 Å². The van der Waals surface area contributed by atoms with Crippen LogP contribution in [0, 0.1) is 0 Å². The normalized spacial score (nSPS) is 12.7. The van der Waals surface area contributed by atoms with Crippen LogP contribution in [0.5, 0.6) is 11.5 Å². The van der Waals surface area contributed by atoms with Gasteiger partial charge in [-0.15, -0.1) is 0 Å². The number of aromatic nitrogens is 2. The van der Waals surface area contributed by atoms with E-state index in [0.717, 1.165) is 6.26 Å². The fourth-order valence-corrected chi connectivity index (χ4v) is 4.44. The molecule has 1 aromatic heterocycles. The van der Waals surface area contributed by atoms with Gasteiger partial charge in [-0.2, -0.15) is 0 Å². The fourth-order valence-electron chi connectivity index (χ4n) is 3.53. The van der Waals surface area contributed by atoms with Crippen molar-refractivity contribution in [1.29, 1.82) is 0 Å². The zero-order valence-corrected chi connectivity index (χ0v) is 18.1. The third-order valence-electron chi connectivity index (χ3n) is 4.78. The topological polar surface area (TPSA) is 107 Å². The van der Waals surface area contributed by atoms with Crippen LogP contribution in [-0.2, 0) is 9.84 Å². The highest BCUT2D eigenvalue weighted by atomic mass is 32.2. The lowest BCUT2D eigenvalue weighted by Crippen LogP contribution is -2.28. The summed E-state index contributed by atoms with van der Waals surface area (Å²) in [6, 6.07) is 9.21. The summed E-state index contributed by atoms with van der Waals surface area (Å²) in [5, 5.41) is 0. The highest BCUT2D eigenvalue weighted by Crippen LogP contribution is 2.33. The Labute approximate surface area is 174 Å². The van der Waals surface area contributed by atoms with Gasteiger partial charge in [0.15, 0.2) is 17.3 Å². The number of fused-ring (bicyclic) bond motifs is 1. The molecule has 0 unspecified atom stereocenters. The number of aromatic amines is 1. The summed E-state index contributed by atoms with van der Waals surface area (Å²) in [5.41, 5.74) is 1.27. The average molecular weight is 432 g/mol. The first-order valence-corrected chi connectivity index (χ1v) is 11.4. The van der Waals surface area contributed by atoms with E-state index in [1.54, 1.807) is 36.4 Å². The van der Waals surface area contributed by atoms with Gasteiger partial charge in [0.1, 0.15) is 9.84 Å². The maximum absolute atomic E-state index is 12.9. The van der Waals surface area contributed by atoms with Gasteiger partial charge in [-0.25, -0.2) is 13.2 Å². The number of benzene rings is 2. The van der Waals surface area contributed by atoms with Crippen LogP contribution in [0.15, 0.2) is 41.2 Å². The van der Waals surface area contributed by atoms with Crippen LogP contribution in [0.2, 0.25) is 0 Å². The van der Waals surface area contributed by atoms with E-state index < -0.39 is 21.6 Å². The Hall–Kier alpha value is -3.07. The predicted octanol–water partition coefficient (Wildman–Crippen LogP) is 2.57. The number of sulfone groups is 1. The van der Waals surface area contributed by atoms with Crippen molar-refractivity contribution in [1.82, 2.24) is 9.55 Å². The number of hydrogen-bond donors (Lipinski definition) is 1. The fraction of sp³-hybridized carbons (Fsp3) is 0.333. The van der Waals surface area contributed by atoms with Crippen molar-refractivity contribution in [2.75, 3.05) is 25.7 Å². The minimum atomic E-state index is -3.46. The smallest absolute Gasteiger partial charge is 0.327 e. The Bertz CT molecular complexity index is 1260. The highest BCUT2D eigenvalue weighted by molar-refractivity contribution is 7.90. The molecule has 1 N–H and O–H groups in total. The Morgan fingerprint density at radius 1 is 1.20 bits per heavy atom. The lowest BCUT2D eigenvalue weighted by molar-refractivity contribution is 0.101. The lowest BCUT2D eigenvalue weighted by atomic mass is 10.1. The van der Waals surface area contributed by atoms with Gasteiger partial charge in [0, 0.05) is 11.8 Å². The summed E-state index contributed by atoms with van der Waals surface area (Å²) in [4.78, 5) is 27.6. The van der Waals surface area contributed by atoms with Gasteiger partial charge in [-0.05, 0) is 43.7 Å². The number of hydrogen-bond acceptors (Lipinski definition) is 6. The van der Waals surface area contributed by atoms with Crippen LogP contribution in [0.4, 0.5) is 0 Å². The van der Waals surface area contributed by atoms with Crippen LogP contribution in [0.25, 0.3) is 11.0 Å². The molecule has 8 nitrogen and oxygen atoms in total. The molecule has 9 heteroatoms. The number of rotatable bonds is 8. The number of nitrogens with zero attached hydrogens (tertiary/aromatic N) is 1. The Morgan fingerprint density at radius 2 is 1.93 bits per heavy atom. The zero-order valence-electron chi connectivity index (χ0n) is 17.3. The van der Waals surface area contributed by atoms with Gasteiger partial charge in [-0.3, -0.25) is 9.36 Å². The first-order valence-electron chi connectivity index (χ1n) is 9.39. The van der Waals surface area contributed by atoms with E-state index in [1.165, 1.54) is 18.6 Å². The van der Waals surface area contributed by atoms with Gasteiger partial charge < -0.3 is 14.5 Å². The number of methoxy groups -OCH3 is 1. The molecular weight excluding hydrogens is 408 g/mol. The van der Waals surface area contributed by atoms with Crippen molar-refractivity contribution in [2.24, 2.45) is 0 Å². The molecule has 0 radical (unpaired) electrons. The maximum Gasteiger partial charge on any atom is 0.327 e. The van der Waals surface area contributed by atoms with E-state index in [9.17, 15) is 18.0 Å². The first kappa shape index (κ1) is 21.6. The standard InChI is InChI=1S/C21H24N2O6S/c1-5-29-19-11-14(9-10-18(19)28-3)17(12-30(4,26)27)23-16-8-6-7-15(13(2)24)20(16)22-21(23)25/h6-11,17H,5,12H2,1-4H3,(H,22,25)/t17-/m0/s1. The number of ketones is 1. The van der Waals surface area contributed by atoms with E-state index >= 15 is 0 Å².